The van der Waals surface area contributed by atoms with E-state index in [1.54, 1.807) is 0 Å². The van der Waals surface area contributed by atoms with Crippen molar-refractivity contribution >= 4 is 17.3 Å². The second-order valence-corrected chi connectivity index (χ2v) is 8.75. The molecule has 4 heteroatoms. The highest BCUT2D eigenvalue weighted by Gasteiger charge is 2.26. The summed E-state index contributed by atoms with van der Waals surface area (Å²) in [4.78, 5) is 2.21. The van der Waals surface area contributed by atoms with Crippen molar-refractivity contribution in [2.45, 2.75) is 52.6 Å². The first-order valence-corrected chi connectivity index (χ1v) is 8.68. The molecule has 130 valence electrons. The van der Waals surface area contributed by atoms with E-state index in [1.807, 2.05) is 6.07 Å². The quantitative estimate of drug-likeness (QED) is 0.769. The fourth-order valence-electron chi connectivity index (χ4n) is 3.18. The summed E-state index contributed by atoms with van der Waals surface area (Å²) in [5.74, 6) is 0. The molecule has 1 aromatic carbocycles. The van der Waals surface area contributed by atoms with Crippen LogP contribution in [0.2, 0.25) is 0 Å². The molecule has 0 fully saturated rings. The number of nitrogens with one attached hydrogen (secondary N) is 2. The van der Waals surface area contributed by atoms with Crippen molar-refractivity contribution in [3.05, 3.63) is 35.9 Å². The molecular formula is C19H33N3S. The standard InChI is InChI=1S/C19H33N3S/c1-18(2,3)14-19(4,5)21-17(23)20-13-16(22(6)7)15-11-9-8-10-12-15/h8-12,16H,13-14H2,1-7H3,(H2,20,21,23)/t16-/m0/s1. The molecule has 1 aromatic rings. The zero-order valence-corrected chi connectivity index (χ0v) is 16.6. The number of benzene rings is 1. The minimum atomic E-state index is -0.0251. The molecule has 0 aromatic heterocycles. The highest BCUT2D eigenvalue weighted by molar-refractivity contribution is 7.80. The van der Waals surface area contributed by atoms with Crippen LogP contribution in [0.3, 0.4) is 0 Å². The maximum atomic E-state index is 5.51. The van der Waals surface area contributed by atoms with Gasteiger partial charge in [0.15, 0.2) is 5.11 Å². The van der Waals surface area contributed by atoms with Gasteiger partial charge in [-0.2, -0.15) is 0 Å². The summed E-state index contributed by atoms with van der Waals surface area (Å²) in [5.41, 5.74) is 1.53. The van der Waals surface area contributed by atoms with Crippen LogP contribution in [0.25, 0.3) is 0 Å². The molecule has 0 saturated heterocycles. The van der Waals surface area contributed by atoms with Gasteiger partial charge < -0.3 is 15.5 Å². The van der Waals surface area contributed by atoms with Crippen molar-refractivity contribution in [2.24, 2.45) is 5.41 Å². The van der Waals surface area contributed by atoms with Crippen LogP contribution in [-0.4, -0.2) is 36.2 Å². The summed E-state index contributed by atoms with van der Waals surface area (Å²) in [6, 6.07) is 10.8. The van der Waals surface area contributed by atoms with Gasteiger partial charge in [-0.15, -0.1) is 0 Å². The molecule has 0 bridgehead atoms. The molecule has 0 aliphatic rings. The topological polar surface area (TPSA) is 27.3 Å². The Kier molecular flexibility index (Phi) is 7.02. The second kappa shape index (κ2) is 8.11. The van der Waals surface area contributed by atoms with E-state index in [9.17, 15) is 0 Å². The summed E-state index contributed by atoms with van der Waals surface area (Å²) < 4.78 is 0. The summed E-state index contributed by atoms with van der Waals surface area (Å²) in [6.07, 6.45) is 1.05. The normalized spacial score (nSPS) is 13.7. The lowest BCUT2D eigenvalue weighted by Gasteiger charge is -2.35. The number of likely N-dealkylation sites (N-methyl/N-ethyl adjacent to an activating group) is 1. The molecule has 0 amide bonds. The van der Waals surface area contributed by atoms with Gasteiger partial charge in [0.1, 0.15) is 0 Å². The van der Waals surface area contributed by atoms with E-state index < -0.39 is 0 Å². The van der Waals surface area contributed by atoms with Crippen LogP contribution < -0.4 is 10.6 Å². The molecule has 0 unspecified atom stereocenters. The zero-order chi connectivity index (χ0) is 17.7. The van der Waals surface area contributed by atoms with E-state index in [2.05, 4.69) is 88.5 Å². The average molecular weight is 336 g/mol. The zero-order valence-electron chi connectivity index (χ0n) is 15.7. The number of rotatable bonds is 6. The van der Waals surface area contributed by atoms with Crippen LogP contribution in [0.4, 0.5) is 0 Å². The van der Waals surface area contributed by atoms with Gasteiger partial charge in [-0.1, -0.05) is 51.1 Å². The third kappa shape index (κ3) is 7.80. The summed E-state index contributed by atoms with van der Waals surface area (Å²) in [5, 5.41) is 7.57. The first-order chi connectivity index (χ1) is 10.5. The molecule has 0 spiro atoms. The molecule has 23 heavy (non-hydrogen) atoms. The highest BCUT2D eigenvalue weighted by atomic mass is 32.1. The van der Waals surface area contributed by atoms with Gasteiger partial charge in [0, 0.05) is 12.1 Å². The lowest BCUT2D eigenvalue weighted by molar-refractivity contribution is 0.264. The SMILES string of the molecule is CN(C)[C@@H](CNC(=S)NC(C)(C)CC(C)(C)C)c1ccccc1. The van der Waals surface area contributed by atoms with Crippen molar-refractivity contribution in [1.29, 1.82) is 0 Å². The maximum absolute atomic E-state index is 5.51. The number of thiocarbonyl (C=S) groups is 1. The van der Waals surface area contributed by atoms with E-state index in [0.29, 0.717) is 6.04 Å². The summed E-state index contributed by atoms with van der Waals surface area (Å²) in [6.45, 7) is 12.0. The smallest absolute Gasteiger partial charge is 0.166 e. The van der Waals surface area contributed by atoms with Crippen molar-refractivity contribution in [3.63, 3.8) is 0 Å². The molecule has 0 radical (unpaired) electrons. The van der Waals surface area contributed by atoms with Crippen molar-refractivity contribution in [3.8, 4) is 0 Å². The lowest BCUT2D eigenvalue weighted by atomic mass is 9.82. The third-order valence-electron chi connectivity index (χ3n) is 3.69. The van der Waals surface area contributed by atoms with Crippen LogP contribution in [-0.2, 0) is 0 Å². The van der Waals surface area contributed by atoms with E-state index in [0.717, 1.165) is 18.1 Å². The predicted molar refractivity (Wildman–Crippen MR) is 105 cm³/mol. The Balaban J connectivity index is 2.60. The Bertz CT molecular complexity index is 489. The Morgan fingerprint density at radius 3 is 2.13 bits per heavy atom. The Morgan fingerprint density at radius 1 is 1.09 bits per heavy atom. The van der Waals surface area contributed by atoms with Gasteiger partial charge >= 0.3 is 0 Å². The third-order valence-corrected chi connectivity index (χ3v) is 3.93. The summed E-state index contributed by atoms with van der Waals surface area (Å²) >= 11 is 5.51. The lowest BCUT2D eigenvalue weighted by Crippen LogP contribution is -2.51. The number of hydrogen-bond donors (Lipinski definition) is 2. The van der Waals surface area contributed by atoms with Gasteiger partial charge in [0.05, 0.1) is 6.04 Å². The molecular weight excluding hydrogens is 302 g/mol. The Labute approximate surface area is 147 Å². The molecule has 3 nitrogen and oxygen atoms in total. The molecule has 0 saturated carbocycles. The van der Waals surface area contributed by atoms with Crippen molar-refractivity contribution in [1.82, 2.24) is 15.5 Å². The van der Waals surface area contributed by atoms with E-state index >= 15 is 0 Å². The predicted octanol–water partition coefficient (Wildman–Crippen LogP) is 3.97. The first kappa shape index (κ1) is 19.9. The second-order valence-electron chi connectivity index (χ2n) is 8.35. The fourth-order valence-corrected chi connectivity index (χ4v) is 3.54. The van der Waals surface area contributed by atoms with Gasteiger partial charge in [-0.3, -0.25) is 0 Å². The maximum Gasteiger partial charge on any atom is 0.166 e. The Morgan fingerprint density at radius 2 is 1.65 bits per heavy atom. The van der Waals surface area contributed by atoms with Gasteiger partial charge in [-0.25, -0.2) is 0 Å². The van der Waals surface area contributed by atoms with Gasteiger partial charge in [0.2, 0.25) is 0 Å². The number of hydrogen-bond acceptors (Lipinski definition) is 2. The van der Waals surface area contributed by atoms with Crippen LogP contribution in [0.5, 0.6) is 0 Å². The van der Waals surface area contributed by atoms with E-state index in [4.69, 9.17) is 12.2 Å². The van der Waals surface area contributed by atoms with Gasteiger partial charge in [-0.05, 0) is 57.6 Å². The largest absolute Gasteiger partial charge is 0.361 e. The molecule has 0 aliphatic heterocycles. The van der Waals surface area contributed by atoms with E-state index in [1.165, 1.54) is 5.56 Å². The average Bonchev–Trinajstić information content (AvgIpc) is 2.36. The Hall–Kier alpha value is -1.13. The highest BCUT2D eigenvalue weighted by Crippen LogP contribution is 2.26. The first-order valence-electron chi connectivity index (χ1n) is 8.28. The van der Waals surface area contributed by atoms with E-state index in [-0.39, 0.29) is 11.0 Å². The monoisotopic (exact) mass is 335 g/mol. The van der Waals surface area contributed by atoms with Crippen LogP contribution in [0, 0.1) is 5.41 Å². The van der Waals surface area contributed by atoms with Crippen molar-refractivity contribution < 1.29 is 0 Å². The molecule has 2 N–H and O–H groups in total. The van der Waals surface area contributed by atoms with Crippen LogP contribution >= 0.6 is 12.2 Å². The summed E-state index contributed by atoms with van der Waals surface area (Å²) in [7, 11) is 4.19. The molecule has 0 heterocycles. The molecule has 0 aliphatic carbocycles. The van der Waals surface area contributed by atoms with Gasteiger partial charge in [0.25, 0.3) is 0 Å². The minimum Gasteiger partial charge on any atom is -0.361 e. The fraction of sp³-hybridized carbons (Fsp3) is 0.632. The number of nitrogens with zero attached hydrogens (tertiary/aromatic N) is 1. The van der Waals surface area contributed by atoms with Crippen LogP contribution in [0.15, 0.2) is 30.3 Å². The van der Waals surface area contributed by atoms with Crippen molar-refractivity contribution in [2.75, 3.05) is 20.6 Å². The molecule has 1 rings (SSSR count). The minimum absolute atomic E-state index is 0.0251. The van der Waals surface area contributed by atoms with Crippen LogP contribution in [0.1, 0.15) is 52.6 Å². The molecule has 1 atom stereocenters.